The summed E-state index contributed by atoms with van der Waals surface area (Å²) in [5.74, 6) is -0.786. The van der Waals surface area contributed by atoms with E-state index in [1.54, 1.807) is 6.07 Å². The van der Waals surface area contributed by atoms with Crippen LogP contribution in [-0.4, -0.2) is 43.8 Å². The van der Waals surface area contributed by atoms with E-state index in [1.165, 1.54) is 0 Å². The van der Waals surface area contributed by atoms with Crippen molar-refractivity contribution in [3.63, 3.8) is 0 Å². The number of nitrogens with one attached hydrogen (secondary N) is 3. The normalized spacial score (nSPS) is 18.4. The van der Waals surface area contributed by atoms with Gasteiger partial charge in [-0.2, -0.15) is 0 Å². The monoisotopic (exact) mass is 486 g/mol. The van der Waals surface area contributed by atoms with Crippen molar-refractivity contribution in [2.24, 2.45) is 5.92 Å². The third-order valence-electron chi connectivity index (χ3n) is 6.64. The molecule has 0 bridgehead atoms. The van der Waals surface area contributed by atoms with E-state index in [0.29, 0.717) is 25.0 Å². The Bertz CT molecular complexity index is 1020. The van der Waals surface area contributed by atoms with Gasteiger partial charge in [0.25, 0.3) is 11.8 Å². The lowest BCUT2D eigenvalue weighted by molar-refractivity contribution is -0.132. The Kier molecular flexibility index (Phi) is 7.93. The minimum Gasteiger partial charge on any atom is -0.407 e. The maximum atomic E-state index is 12.6. The molecule has 2 aromatic rings. The van der Waals surface area contributed by atoms with Crippen LogP contribution in [0.15, 0.2) is 40.9 Å². The minimum absolute atomic E-state index is 0.00504. The molecule has 2 atom stereocenters. The van der Waals surface area contributed by atoms with Gasteiger partial charge in [0.15, 0.2) is 19.8 Å². The first kappa shape index (κ1) is 25.6. The fourth-order valence-corrected chi connectivity index (χ4v) is 4.39. The standard InChI is InChI=1S/C24H34N4O5Si/c1-24(2,3)34(4,5)32-15-21(29)26-27-22(30)17-11-12-18(13-17)25-23(31)19-14-20(33-28-19)16-9-7-6-8-10-16/h6-10,14,17-18H,11-13,15H2,1-5H3,(H,25,31)(H,26,29)(H,27,30). The molecule has 3 N–H and O–H groups in total. The van der Waals surface area contributed by atoms with Crippen molar-refractivity contribution in [1.29, 1.82) is 0 Å². The van der Waals surface area contributed by atoms with Crippen molar-refractivity contribution in [2.45, 2.75) is 64.2 Å². The van der Waals surface area contributed by atoms with E-state index in [-0.39, 0.29) is 47.0 Å². The van der Waals surface area contributed by atoms with E-state index in [2.05, 4.69) is 55.2 Å². The molecular formula is C24H34N4O5Si. The van der Waals surface area contributed by atoms with E-state index in [9.17, 15) is 14.4 Å². The molecule has 10 heteroatoms. The Labute approximate surface area is 201 Å². The highest BCUT2D eigenvalue weighted by molar-refractivity contribution is 6.74. The summed E-state index contributed by atoms with van der Waals surface area (Å²) in [6.45, 7) is 10.3. The molecule has 3 amide bonds. The first-order chi connectivity index (χ1) is 16.0. The SMILES string of the molecule is CC(C)(C)[Si](C)(C)OCC(=O)NNC(=O)C1CCC(NC(=O)c2cc(-c3ccccc3)on2)C1. The lowest BCUT2D eigenvalue weighted by Crippen LogP contribution is -2.48. The van der Waals surface area contributed by atoms with Crippen molar-refractivity contribution in [1.82, 2.24) is 21.3 Å². The number of hydrazine groups is 1. The number of hydrogen-bond acceptors (Lipinski definition) is 6. The zero-order valence-electron chi connectivity index (χ0n) is 20.4. The van der Waals surface area contributed by atoms with Gasteiger partial charge >= 0.3 is 0 Å². The largest absolute Gasteiger partial charge is 0.407 e. The molecule has 1 aliphatic rings. The van der Waals surface area contributed by atoms with Crippen LogP contribution in [0, 0.1) is 5.92 Å². The van der Waals surface area contributed by atoms with Crippen molar-refractivity contribution in [3.8, 4) is 11.3 Å². The van der Waals surface area contributed by atoms with Gasteiger partial charge in [-0.15, -0.1) is 0 Å². The molecule has 0 aliphatic heterocycles. The molecule has 1 aromatic heterocycles. The third-order valence-corrected chi connectivity index (χ3v) is 11.1. The maximum absolute atomic E-state index is 12.6. The second kappa shape index (κ2) is 10.5. The van der Waals surface area contributed by atoms with Crippen LogP contribution in [0.25, 0.3) is 11.3 Å². The second-order valence-electron chi connectivity index (χ2n) is 10.2. The fourth-order valence-electron chi connectivity index (χ4n) is 3.46. The second-order valence-corrected chi connectivity index (χ2v) is 15.0. The summed E-state index contributed by atoms with van der Waals surface area (Å²) in [4.78, 5) is 37.1. The Morgan fingerprint density at radius 2 is 1.82 bits per heavy atom. The number of nitrogens with zero attached hydrogens (tertiary/aromatic N) is 1. The zero-order chi connectivity index (χ0) is 24.9. The summed E-state index contributed by atoms with van der Waals surface area (Å²) in [5.41, 5.74) is 5.95. The molecule has 0 spiro atoms. The average Bonchev–Trinajstić information content (AvgIpc) is 3.46. The van der Waals surface area contributed by atoms with Crippen LogP contribution in [-0.2, 0) is 14.0 Å². The van der Waals surface area contributed by atoms with Crippen LogP contribution in [0.4, 0.5) is 0 Å². The minimum atomic E-state index is -2.05. The highest BCUT2D eigenvalue weighted by Crippen LogP contribution is 2.36. The summed E-state index contributed by atoms with van der Waals surface area (Å²) in [5, 5.41) is 6.78. The molecule has 9 nitrogen and oxygen atoms in total. The van der Waals surface area contributed by atoms with E-state index in [0.717, 1.165) is 5.56 Å². The molecular weight excluding hydrogens is 452 g/mol. The lowest BCUT2D eigenvalue weighted by atomic mass is 10.1. The lowest BCUT2D eigenvalue weighted by Gasteiger charge is -2.35. The number of hydrogen-bond donors (Lipinski definition) is 3. The summed E-state index contributed by atoms with van der Waals surface area (Å²) in [6, 6.07) is 10.9. The summed E-state index contributed by atoms with van der Waals surface area (Å²) < 4.78 is 11.1. The zero-order valence-corrected chi connectivity index (χ0v) is 21.4. The smallest absolute Gasteiger partial charge is 0.273 e. The van der Waals surface area contributed by atoms with Gasteiger partial charge in [-0.3, -0.25) is 25.2 Å². The fraction of sp³-hybridized carbons (Fsp3) is 0.500. The number of aromatic nitrogens is 1. The van der Waals surface area contributed by atoms with Crippen LogP contribution in [0.3, 0.4) is 0 Å². The topological polar surface area (TPSA) is 123 Å². The van der Waals surface area contributed by atoms with Crippen LogP contribution < -0.4 is 16.2 Å². The number of amides is 3. The first-order valence-corrected chi connectivity index (χ1v) is 14.4. The highest BCUT2D eigenvalue weighted by Gasteiger charge is 2.37. The molecule has 0 saturated heterocycles. The van der Waals surface area contributed by atoms with Crippen LogP contribution in [0.5, 0.6) is 0 Å². The quantitative estimate of drug-likeness (QED) is 0.407. The predicted octanol–water partition coefficient (Wildman–Crippen LogP) is 3.41. The Morgan fingerprint density at radius 3 is 2.50 bits per heavy atom. The molecule has 184 valence electrons. The molecule has 1 saturated carbocycles. The van der Waals surface area contributed by atoms with Crippen molar-refractivity contribution in [3.05, 3.63) is 42.1 Å². The summed E-state index contributed by atoms with van der Waals surface area (Å²) >= 11 is 0. The molecule has 1 aliphatic carbocycles. The van der Waals surface area contributed by atoms with Gasteiger partial charge in [0, 0.05) is 23.6 Å². The average molecular weight is 487 g/mol. The Morgan fingerprint density at radius 1 is 1.12 bits per heavy atom. The van der Waals surface area contributed by atoms with Crippen LogP contribution >= 0.6 is 0 Å². The molecule has 2 unspecified atom stereocenters. The molecule has 1 aromatic carbocycles. The van der Waals surface area contributed by atoms with Gasteiger partial charge in [0.2, 0.25) is 5.91 Å². The van der Waals surface area contributed by atoms with E-state index < -0.39 is 8.32 Å². The van der Waals surface area contributed by atoms with Crippen LogP contribution in [0.2, 0.25) is 18.1 Å². The van der Waals surface area contributed by atoms with Crippen molar-refractivity contribution >= 4 is 26.0 Å². The van der Waals surface area contributed by atoms with Gasteiger partial charge in [-0.05, 0) is 37.4 Å². The Hall–Kier alpha value is -2.98. The molecule has 34 heavy (non-hydrogen) atoms. The van der Waals surface area contributed by atoms with Crippen molar-refractivity contribution < 1.29 is 23.3 Å². The van der Waals surface area contributed by atoms with Gasteiger partial charge in [0.05, 0.1) is 0 Å². The summed E-state index contributed by atoms with van der Waals surface area (Å²) in [7, 11) is -2.05. The number of rotatable bonds is 7. The molecule has 0 radical (unpaired) electrons. The van der Waals surface area contributed by atoms with Gasteiger partial charge < -0.3 is 14.3 Å². The molecule has 3 rings (SSSR count). The predicted molar refractivity (Wildman–Crippen MR) is 130 cm³/mol. The first-order valence-electron chi connectivity index (χ1n) is 11.5. The van der Waals surface area contributed by atoms with E-state index in [1.807, 2.05) is 30.3 Å². The van der Waals surface area contributed by atoms with Gasteiger partial charge in [-0.1, -0.05) is 56.3 Å². The number of carbonyl (C=O) groups excluding carboxylic acids is 3. The van der Waals surface area contributed by atoms with Crippen LogP contribution in [0.1, 0.15) is 50.5 Å². The molecule has 1 heterocycles. The van der Waals surface area contributed by atoms with Gasteiger partial charge in [-0.25, -0.2) is 0 Å². The molecule has 1 fully saturated rings. The highest BCUT2D eigenvalue weighted by atomic mass is 28.4. The summed E-state index contributed by atoms with van der Waals surface area (Å²) in [6.07, 6.45) is 1.76. The number of carbonyl (C=O) groups is 3. The van der Waals surface area contributed by atoms with E-state index >= 15 is 0 Å². The van der Waals surface area contributed by atoms with Gasteiger partial charge in [0.1, 0.15) is 6.61 Å². The Balaban J connectivity index is 1.42. The number of benzene rings is 1. The maximum Gasteiger partial charge on any atom is 0.273 e. The van der Waals surface area contributed by atoms with E-state index in [4.69, 9.17) is 8.95 Å². The third kappa shape index (κ3) is 6.54. The van der Waals surface area contributed by atoms with Crippen molar-refractivity contribution in [2.75, 3.05) is 6.61 Å².